The number of fused-ring (bicyclic) bond motifs is 1. The van der Waals surface area contributed by atoms with Crippen molar-refractivity contribution in [3.05, 3.63) is 34.4 Å². The van der Waals surface area contributed by atoms with Crippen molar-refractivity contribution in [1.82, 2.24) is 4.98 Å². The number of H-pyrrole nitrogens is 1. The van der Waals surface area contributed by atoms with Crippen LogP contribution in [-0.2, 0) is 0 Å². The summed E-state index contributed by atoms with van der Waals surface area (Å²) in [6.45, 7) is 2.07. The lowest BCUT2D eigenvalue weighted by atomic mass is 10.2. The van der Waals surface area contributed by atoms with Crippen molar-refractivity contribution in [2.24, 2.45) is 0 Å². The van der Waals surface area contributed by atoms with Crippen molar-refractivity contribution >= 4 is 26.8 Å². The summed E-state index contributed by atoms with van der Waals surface area (Å²) in [5, 5.41) is 1.13. The zero-order valence-corrected chi connectivity index (χ0v) is 7.70. The minimum absolute atomic E-state index is 1.13. The van der Waals surface area contributed by atoms with Crippen LogP contribution in [0.2, 0.25) is 0 Å². The van der Waals surface area contributed by atoms with Crippen LogP contribution < -0.4 is 0 Å². The van der Waals surface area contributed by atoms with Crippen LogP contribution in [0.1, 0.15) is 5.56 Å². The maximum Gasteiger partial charge on any atom is 0.0472 e. The Labute approximate surface area is 73.6 Å². The number of aromatic nitrogens is 1. The first-order valence-electron chi connectivity index (χ1n) is 3.43. The van der Waals surface area contributed by atoms with E-state index in [4.69, 9.17) is 0 Å². The van der Waals surface area contributed by atoms with Crippen LogP contribution >= 0.6 is 15.9 Å². The van der Waals surface area contributed by atoms with Gasteiger partial charge in [0.1, 0.15) is 0 Å². The number of hydrogen-bond acceptors (Lipinski definition) is 0. The standard InChI is InChI=1S/C9H7BrN/c1-6-2-3-8-7(9(6)10)4-5-11-8/h2-3,5,11H,1H3. The highest BCUT2D eigenvalue weighted by atomic mass is 79.9. The van der Waals surface area contributed by atoms with E-state index in [1.165, 1.54) is 5.56 Å². The molecular formula is C9H7BrN. The third kappa shape index (κ3) is 0.979. The van der Waals surface area contributed by atoms with Crippen LogP contribution in [0.25, 0.3) is 10.9 Å². The fourth-order valence-electron chi connectivity index (χ4n) is 1.13. The first-order chi connectivity index (χ1) is 5.29. The Morgan fingerprint density at radius 3 is 3.09 bits per heavy atom. The number of aromatic amines is 1. The van der Waals surface area contributed by atoms with Gasteiger partial charge in [0.05, 0.1) is 0 Å². The fraction of sp³-hybridized carbons (Fsp3) is 0.111. The van der Waals surface area contributed by atoms with Gasteiger partial charge >= 0.3 is 0 Å². The van der Waals surface area contributed by atoms with Gasteiger partial charge in [-0.05, 0) is 34.5 Å². The van der Waals surface area contributed by atoms with Gasteiger partial charge in [-0.15, -0.1) is 0 Å². The van der Waals surface area contributed by atoms with Gasteiger partial charge in [0, 0.05) is 27.6 Å². The maximum absolute atomic E-state index is 3.51. The normalized spacial score (nSPS) is 10.7. The molecular weight excluding hydrogens is 202 g/mol. The van der Waals surface area contributed by atoms with E-state index in [0.29, 0.717) is 0 Å². The molecule has 0 aliphatic carbocycles. The SMILES string of the molecule is Cc1ccc2[nH]c[c]c2c1Br. The number of halogens is 1. The molecule has 1 radical (unpaired) electrons. The molecule has 0 aliphatic heterocycles. The Bertz CT molecular complexity index is 389. The van der Waals surface area contributed by atoms with E-state index in [-0.39, 0.29) is 0 Å². The predicted molar refractivity (Wildman–Crippen MR) is 49.6 cm³/mol. The highest BCUT2D eigenvalue weighted by molar-refractivity contribution is 9.10. The van der Waals surface area contributed by atoms with Gasteiger partial charge in [-0.1, -0.05) is 6.07 Å². The van der Waals surface area contributed by atoms with Gasteiger partial charge in [0.2, 0.25) is 0 Å². The summed E-state index contributed by atoms with van der Waals surface area (Å²) in [6, 6.07) is 7.27. The van der Waals surface area contributed by atoms with Crippen LogP contribution in [-0.4, -0.2) is 4.98 Å². The topological polar surface area (TPSA) is 15.8 Å². The Morgan fingerprint density at radius 2 is 2.27 bits per heavy atom. The van der Waals surface area contributed by atoms with E-state index in [1.807, 2.05) is 6.20 Å². The second-order valence-electron chi connectivity index (χ2n) is 2.55. The highest BCUT2D eigenvalue weighted by Crippen LogP contribution is 2.25. The van der Waals surface area contributed by atoms with Gasteiger partial charge in [0.15, 0.2) is 0 Å². The maximum atomic E-state index is 3.51. The van der Waals surface area contributed by atoms with E-state index >= 15 is 0 Å². The average Bonchev–Trinajstić information content (AvgIpc) is 2.45. The number of hydrogen-bond donors (Lipinski definition) is 1. The molecule has 1 aromatic carbocycles. The summed E-state index contributed by atoms with van der Waals surface area (Å²) in [4.78, 5) is 3.10. The first kappa shape index (κ1) is 6.92. The summed E-state index contributed by atoms with van der Waals surface area (Å²) in [6.07, 6.45) is 1.83. The zero-order valence-electron chi connectivity index (χ0n) is 6.11. The molecule has 0 saturated carbocycles. The molecule has 0 amide bonds. The minimum Gasteiger partial charge on any atom is -0.361 e. The van der Waals surface area contributed by atoms with E-state index < -0.39 is 0 Å². The Balaban J connectivity index is 2.93. The van der Waals surface area contributed by atoms with Crippen LogP contribution in [0.5, 0.6) is 0 Å². The van der Waals surface area contributed by atoms with Gasteiger partial charge < -0.3 is 4.98 Å². The lowest BCUT2D eigenvalue weighted by molar-refractivity contribution is 1.44. The molecule has 0 fully saturated rings. The molecule has 0 bridgehead atoms. The van der Waals surface area contributed by atoms with E-state index in [1.54, 1.807) is 0 Å². The molecule has 1 heterocycles. The molecule has 0 unspecified atom stereocenters. The van der Waals surface area contributed by atoms with Crippen LogP contribution in [0.15, 0.2) is 22.8 Å². The molecule has 0 atom stereocenters. The van der Waals surface area contributed by atoms with E-state index in [0.717, 1.165) is 15.4 Å². The molecule has 2 heteroatoms. The van der Waals surface area contributed by atoms with Gasteiger partial charge in [-0.2, -0.15) is 0 Å². The molecule has 2 aromatic rings. The molecule has 0 saturated heterocycles. The van der Waals surface area contributed by atoms with E-state index in [9.17, 15) is 0 Å². The summed E-state index contributed by atoms with van der Waals surface area (Å²) >= 11 is 3.51. The van der Waals surface area contributed by atoms with Crippen molar-refractivity contribution in [2.75, 3.05) is 0 Å². The lowest BCUT2D eigenvalue weighted by Gasteiger charge is -1.97. The summed E-state index contributed by atoms with van der Waals surface area (Å²) < 4.78 is 1.14. The molecule has 2 rings (SSSR count). The number of benzene rings is 1. The van der Waals surface area contributed by atoms with Crippen LogP contribution in [0, 0.1) is 13.0 Å². The van der Waals surface area contributed by atoms with Crippen molar-refractivity contribution in [2.45, 2.75) is 6.92 Å². The van der Waals surface area contributed by atoms with Gasteiger partial charge in [-0.3, -0.25) is 0 Å². The molecule has 1 nitrogen and oxygen atoms in total. The van der Waals surface area contributed by atoms with Crippen molar-refractivity contribution < 1.29 is 0 Å². The van der Waals surface area contributed by atoms with Crippen molar-refractivity contribution in [3.63, 3.8) is 0 Å². The molecule has 1 aromatic heterocycles. The molecule has 0 aliphatic rings. The second kappa shape index (κ2) is 2.38. The van der Waals surface area contributed by atoms with Gasteiger partial charge in [0.25, 0.3) is 0 Å². The smallest absolute Gasteiger partial charge is 0.0472 e. The Hall–Kier alpha value is -0.760. The Kier molecular flexibility index (Phi) is 1.50. The molecule has 1 N–H and O–H groups in total. The molecule has 0 spiro atoms. The Morgan fingerprint density at radius 1 is 1.45 bits per heavy atom. The average molecular weight is 209 g/mol. The summed E-state index contributed by atoms with van der Waals surface area (Å²) in [7, 11) is 0. The number of nitrogens with one attached hydrogen (secondary N) is 1. The highest BCUT2D eigenvalue weighted by Gasteiger charge is 2.00. The fourth-order valence-corrected chi connectivity index (χ4v) is 1.59. The van der Waals surface area contributed by atoms with Crippen LogP contribution in [0.3, 0.4) is 0 Å². The largest absolute Gasteiger partial charge is 0.361 e. The third-order valence-electron chi connectivity index (χ3n) is 1.78. The van der Waals surface area contributed by atoms with Crippen molar-refractivity contribution in [1.29, 1.82) is 0 Å². The van der Waals surface area contributed by atoms with Gasteiger partial charge in [-0.25, -0.2) is 0 Å². The quantitative estimate of drug-likeness (QED) is 0.686. The number of aryl methyl sites for hydroxylation is 1. The summed E-state index contributed by atoms with van der Waals surface area (Å²) in [5.74, 6) is 0. The van der Waals surface area contributed by atoms with E-state index in [2.05, 4.69) is 46.0 Å². The monoisotopic (exact) mass is 208 g/mol. The third-order valence-corrected chi connectivity index (χ3v) is 2.80. The predicted octanol–water partition coefficient (Wildman–Crippen LogP) is 3.04. The minimum atomic E-state index is 1.13. The van der Waals surface area contributed by atoms with Crippen LogP contribution in [0.4, 0.5) is 0 Å². The molecule has 55 valence electrons. The number of rotatable bonds is 0. The summed E-state index contributed by atoms with van der Waals surface area (Å²) in [5.41, 5.74) is 2.37. The lowest BCUT2D eigenvalue weighted by Crippen LogP contribution is -1.75. The zero-order chi connectivity index (χ0) is 7.84. The van der Waals surface area contributed by atoms with Crippen molar-refractivity contribution in [3.8, 4) is 0 Å². The molecule has 11 heavy (non-hydrogen) atoms. The first-order valence-corrected chi connectivity index (χ1v) is 4.22. The second-order valence-corrected chi connectivity index (χ2v) is 3.35.